The van der Waals surface area contributed by atoms with E-state index in [1.54, 1.807) is 0 Å². The Bertz CT molecular complexity index is 216. The van der Waals surface area contributed by atoms with Gasteiger partial charge >= 0.3 is 0 Å². The van der Waals surface area contributed by atoms with E-state index in [1.807, 2.05) is 0 Å². The van der Waals surface area contributed by atoms with Crippen LogP contribution in [0.15, 0.2) is 12.3 Å². The summed E-state index contributed by atoms with van der Waals surface area (Å²) in [5.74, 6) is 1.64. The quantitative estimate of drug-likeness (QED) is 0.584. The topological polar surface area (TPSA) is 3.24 Å². The molecular formula is C16H31N. The Balaban J connectivity index is 2.42. The maximum atomic E-state index is 4.39. The molecule has 1 heteroatoms. The molecule has 0 N–H and O–H groups in total. The summed E-state index contributed by atoms with van der Waals surface area (Å²) in [5, 5.41) is 0. The molecule has 0 aliphatic heterocycles. The second-order valence-corrected chi connectivity index (χ2v) is 5.76. The number of allylic oxidation sites excluding steroid dienone is 1. The molecule has 17 heavy (non-hydrogen) atoms. The van der Waals surface area contributed by atoms with Gasteiger partial charge in [0.15, 0.2) is 0 Å². The lowest BCUT2D eigenvalue weighted by Gasteiger charge is -2.31. The van der Waals surface area contributed by atoms with Gasteiger partial charge in [-0.2, -0.15) is 0 Å². The molecule has 1 saturated carbocycles. The maximum Gasteiger partial charge on any atom is 0.0177 e. The first-order chi connectivity index (χ1) is 8.19. The van der Waals surface area contributed by atoms with Crippen molar-refractivity contribution in [1.29, 1.82) is 0 Å². The largest absolute Gasteiger partial charge is 0.375 e. The van der Waals surface area contributed by atoms with Crippen LogP contribution in [0.5, 0.6) is 0 Å². The van der Waals surface area contributed by atoms with Crippen LogP contribution < -0.4 is 0 Å². The van der Waals surface area contributed by atoms with Crippen LogP contribution in [0.3, 0.4) is 0 Å². The van der Waals surface area contributed by atoms with E-state index in [-0.39, 0.29) is 0 Å². The Morgan fingerprint density at radius 3 is 2.41 bits per heavy atom. The average molecular weight is 237 g/mol. The Kier molecular flexibility index (Phi) is 6.69. The number of hydrogen-bond acceptors (Lipinski definition) is 1. The molecule has 1 fully saturated rings. The summed E-state index contributed by atoms with van der Waals surface area (Å²) < 4.78 is 0. The first kappa shape index (κ1) is 14.6. The van der Waals surface area contributed by atoms with Gasteiger partial charge in [0, 0.05) is 18.8 Å². The zero-order valence-electron chi connectivity index (χ0n) is 12.2. The van der Waals surface area contributed by atoms with Crippen LogP contribution in [-0.2, 0) is 0 Å². The number of hydrogen-bond donors (Lipinski definition) is 0. The van der Waals surface area contributed by atoms with Crippen LogP contribution >= 0.6 is 0 Å². The lowest BCUT2D eigenvalue weighted by atomic mass is 10.0. The molecule has 1 aliphatic carbocycles. The summed E-state index contributed by atoms with van der Waals surface area (Å²) >= 11 is 0. The molecule has 1 nitrogen and oxygen atoms in total. The predicted octanol–water partition coefficient (Wildman–Crippen LogP) is 4.84. The van der Waals surface area contributed by atoms with Crippen molar-refractivity contribution in [2.24, 2.45) is 11.8 Å². The third kappa shape index (κ3) is 4.73. The maximum absolute atomic E-state index is 4.39. The van der Waals surface area contributed by atoms with Gasteiger partial charge in [-0.25, -0.2) is 0 Å². The molecule has 0 aromatic heterocycles. The van der Waals surface area contributed by atoms with E-state index >= 15 is 0 Å². The van der Waals surface area contributed by atoms with Gasteiger partial charge in [0.1, 0.15) is 0 Å². The first-order valence-corrected chi connectivity index (χ1v) is 7.62. The molecular weight excluding hydrogens is 206 g/mol. The fraction of sp³-hybridized carbons (Fsp3) is 0.875. The van der Waals surface area contributed by atoms with Gasteiger partial charge in [-0.15, -0.1) is 0 Å². The predicted molar refractivity (Wildman–Crippen MR) is 77.0 cm³/mol. The molecule has 0 radical (unpaired) electrons. The van der Waals surface area contributed by atoms with Gasteiger partial charge in [0.05, 0.1) is 0 Å². The SMILES string of the molecule is C=C(C1CCCC1)N(CCC)CCC(C)CC. The van der Waals surface area contributed by atoms with Crippen LogP contribution in [0, 0.1) is 11.8 Å². The standard InChI is InChI=1S/C16H31N/c1-5-12-17(13-11-14(3)6-2)15(4)16-9-7-8-10-16/h14,16H,4-13H2,1-3H3. The molecule has 0 aromatic carbocycles. The molecule has 100 valence electrons. The number of rotatable bonds is 8. The second kappa shape index (κ2) is 7.79. The van der Waals surface area contributed by atoms with Crippen molar-refractivity contribution >= 4 is 0 Å². The molecule has 0 saturated heterocycles. The van der Waals surface area contributed by atoms with Crippen molar-refractivity contribution in [3.05, 3.63) is 12.3 Å². The molecule has 0 bridgehead atoms. The third-order valence-corrected chi connectivity index (χ3v) is 4.31. The minimum atomic E-state index is 0.790. The summed E-state index contributed by atoms with van der Waals surface area (Å²) in [7, 11) is 0. The molecule has 1 rings (SSSR count). The Morgan fingerprint density at radius 1 is 1.24 bits per heavy atom. The van der Waals surface area contributed by atoms with Gasteiger partial charge in [-0.3, -0.25) is 0 Å². The molecule has 0 spiro atoms. The summed E-state index contributed by atoms with van der Waals surface area (Å²) in [6, 6.07) is 0. The highest BCUT2D eigenvalue weighted by Crippen LogP contribution is 2.32. The number of nitrogens with zero attached hydrogens (tertiary/aromatic N) is 1. The molecule has 0 heterocycles. The van der Waals surface area contributed by atoms with Crippen molar-refractivity contribution in [3.8, 4) is 0 Å². The van der Waals surface area contributed by atoms with Gasteiger partial charge in [0.25, 0.3) is 0 Å². The van der Waals surface area contributed by atoms with E-state index < -0.39 is 0 Å². The summed E-state index contributed by atoms with van der Waals surface area (Å²) in [4.78, 5) is 2.57. The van der Waals surface area contributed by atoms with Crippen molar-refractivity contribution < 1.29 is 0 Å². The minimum Gasteiger partial charge on any atom is -0.375 e. The average Bonchev–Trinajstić information content (AvgIpc) is 2.86. The Morgan fingerprint density at radius 2 is 1.88 bits per heavy atom. The van der Waals surface area contributed by atoms with Crippen LogP contribution in [0.4, 0.5) is 0 Å². The van der Waals surface area contributed by atoms with Crippen LogP contribution in [0.1, 0.15) is 65.7 Å². The van der Waals surface area contributed by atoms with Crippen molar-refractivity contribution in [1.82, 2.24) is 4.90 Å². The van der Waals surface area contributed by atoms with E-state index in [0.717, 1.165) is 11.8 Å². The van der Waals surface area contributed by atoms with Crippen LogP contribution in [0.25, 0.3) is 0 Å². The highest BCUT2D eigenvalue weighted by Gasteiger charge is 2.21. The van der Waals surface area contributed by atoms with E-state index in [9.17, 15) is 0 Å². The monoisotopic (exact) mass is 237 g/mol. The van der Waals surface area contributed by atoms with Gasteiger partial charge in [0.2, 0.25) is 0 Å². The third-order valence-electron chi connectivity index (χ3n) is 4.31. The van der Waals surface area contributed by atoms with Crippen LogP contribution in [-0.4, -0.2) is 18.0 Å². The lowest BCUT2D eigenvalue weighted by molar-refractivity contribution is 0.280. The summed E-state index contributed by atoms with van der Waals surface area (Å²) in [6.07, 6.45) is 9.44. The minimum absolute atomic E-state index is 0.790. The van der Waals surface area contributed by atoms with Crippen molar-refractivity contribution in [2.45, 2.75) is 65.7 Å². The molecule has 0 aromatic rings. The zero-order chi connectivity index (χ0) is 12.7. The van der Waals surface area contributed by atoms with E-state index in [0.29, 0.717) is 0 Å². The van der Waals surface area contributed by atoms with Gasteiger partial charge in [-0.1, -0.05) is 46.6 Å². The van der Waals surface area contributed by atoms with E-state index in [2.05, 4.69) is 32.3 Å². The van der Waals surface area contributed by atoms with E-state index in [1.165, 1.54) is 63.7 Å². The Hall–Kier alpha value is -0.460. The van der Waals surface area contributed by atoms with Gasteiger partial charge < -0.3 is 4.90 Å². The van der Waals surface area contributed by atoms with E-state index in [4.69, 9.17) is 0 Å². The summed E-state index contributed by atoms with van der Waals surface area (Å²) in [6.45, 7) is 13.7. The first-order valence-electron chi connectivity index (χ1n) is 7.62. The molecule has 0 amide bonds. The molecule has 1 aliphatic rings. The smallest absolute Gasteiger partial charge is 0.0177 e. The molecule has 1 atom stereocenters. The highest BCUT2D eigenvalue weighted by atomic mass is 15.1. The second-order valence-electron chi connectivity index (χ2n) is 5.76. The van der Waals surface area contributed by atoms with Crippen molar-refractivity contribution in [2.75, 3.05) is 13.1 Å². The fourth-order valence-corrected chi connectivity index (χ4v) is 2.77. The fourth-order valence-electron chi connectivity index (χ4n) is 2.77. The zero-order valence-corrected chi connectivity index (χ0v) is 12.2. The normalized spacial score (nSPS) is 18.3. The summed E-state index contributed by atoms with van der Waals surface area (Å²) in [5.41, 5.74) is 1.44. The van der Waals surface area contributed by atoms with Crippen LogP contribution in [0.2, 0.25) is 0 Å². The van der Waals surface area contributed by atoms with Crippen molar-refractivity contribution in [3.63, 3.8) is 0 Å². The van der Waals surface area contributed by atoms with Gasteiger partial charge in [-0.05, 0) is 37.5 Å². The lowest BCUT2D eigenvalue weighted by Crippen LogP contribution is -2.28. The molecule has 1 unspecified atom stereocenters. The Labute approximate surface area is 108 Å². The highest BCUT2D eigenvalue weighted by molar-refractivity contribution is 5.02.